The molecule has 0 aromatic heterocycles. The zero-order valence-corrected chi connectivity index (χ0v) is 9.98. The van der Waals surface area contributed by atoms with Crippen LogP contribution < -0.4 is 0 Å². The third kappa shape index (κ3) is 3.73. The number of piperidine rings is 1. The summed E-state index contributed by atoms with van der Waals surface area (Å²) in [5.41, 5.74) is 0. The fraction of sp³-hybridized carbons (Fsp3) is 0.889. The van der Waals surface area contributed by atoms with Gasteiger partial charge in [-0.05, 0) is 25.2 Å². The lowest BCUT2D eigenvalue weighted by Crippen LogP contribution is -2.40. The number of aliphatic hydroxyl groups is 1. The van der Waals surface area contributed by atoms with Crippen LogP contribution in [0.4, 0.5) is 0 Å². The standard InChI is InChI=1S/C9H17NO5S/c1-16(14,15)10-4-2-3-7(6-10)5-8(11)9(12)13/h7-8,11H,2-6H2,1H3,(H,12,13). The van der Waals surface area contributed by atoms with Gasteiger partial charge in [0.05, 0.1) is 6.26 Å². The molecule has 0 bridgehead atoms. The van der Waals surface area contributed by atoms with E-state index >= 15 is 0 Å². The van der Waals surface area contributed by atoms with Crippen molar-refractivity contribution in [2.24, 2.45) is 5.92 Å². The van der Waals surface area contributed by atoms with Gasteiger partial charge in [0.2, 0.25) is 10.0 Å². The minimum Gasteiger partial charge on any atom is -0.479 e. The number of aliphatic hydroxyl groups excluding tert-OH is 1. The van der Waals surface area contributed by atoms with E-state index in [0.29, 0.717) is 19.5 Å². The van der Waals surface area contributed by atoms with E-state index in [1.807, 2.05) is 0 Å². The summed E-state index contributed by atoms with van der Waals surface area (Å²) in [4.78, 5) is 10.5. The number of sulfonamides is 1. The zero-order valence-electron chi connectivity index (χ0n) is 9.16. The zero-order chi connectivity index (χ0) is 12.3. The molecule has 0 amide bonds. The highest BCUT2D eigenvalue weighted by Gasteiger charge is 2.28. The first-order chi connectivity index (χ1) is 7.30. The molecule has 1 fully saturated rings. The Morgan fingerprint density at radius 1 is 1.56 bits per heavy atom. The number of aliphatic carboxylic acids is 1. The molecule has 2 unspecified atom stereocenters. The molecule has 1 rings (SSSR count). The van der Waals surface area contributed by atoms with Gasteiger partial charge in [0.25, 0.3) is 0 Å². The second-order valence-corrected chi connectivity index (χ2v) is 6.20. The van der Waals surface area contributed by atoms with Gasteiger partial charge in [-0.15, -0.1) is 0 Å². The predicted molar refractivity (Wildman–Crippen MR) is 57.4 cm³/mol. The van der Waals surface area contributed by atoms with Crippen molar-refractivity contribution in [2.45, 2.75) is 25.4 Å². The summed E-state index contributed by atoms with van der Waals surface area (Å²) in [6.07, 6.45) is 1.33. The number of carboxylic acid groups (broad SMARTS) is 1. The molecule has 0 spiro atoms. The van der Waals surface area contributed by atoms with E-state index in [4.69, 9.17) is 5.11 Å². The maximum Gasteiger partial charge on any atom is 0.332 e. The lowest BCUT2D eigenvalue weighted by Gasteiger charge is -2.31. The highest BCUT2D eigenvalue weighted by atomic mass is 32.2. The Balaban J connectivity index is 2.55. The summed E-state index contributed by atoms with van der Waals surface area (Å²) in [5, 5.41) is 17.8. The first-order valence-electron chi connectivity index (χ1n) is 5.16. The van der Waals surface area contributed by atoms with Crippen LogP contribution in [0.1, 0.15) is 19.3 Å². The molecule has 1 aliphatic heterocycles. The molecule has 1 heterocycles. The van der Waals surface area contributed by atoms with Crippen LogP contribution in [0.15, 0.2) is 0 Å². The van der Waals surface area contributed by atoms with Crippen LogP contribution in [-0.2, 0) is 14.8 Å². The van der Waals surface area contributed by atoms with E-state index in [1.165, 1.54) is 4.31 Å². The third-order valence-electron chi connectivity index (χ3n) is 2.79. The number of rotatable bonds is 4. The van der Waals surface area contributed by atoms with Gasteiger partial charge in [-0.2, -0.15) is 0 Å². The van der Waals surface area contributed by atoms with Gasteiger partial charge in [0, 0.05) is 13.1 Å². The van der Waals surface area contributed by atoms with Crippen molar-refractivity contribution in [3.63, 3.8) is 0 Å². The lowest BCUT2D eigenvalue weighted by atomic mass is 9.93. The van der Waals surface area contributed by atoms with Gasteiger partial charge in [0.1, 0.15) is 0 Å². The van der Waals surface area contributed by atoms with E-state index in [1.54, 1.807) is 0 Å². The first kappa shape index (κ1) is 13.4. The molecule has 0 radical (unpaired) electrons. The summed E-state index contributed by atoms with van der Waals surface area (Å²) in [6.45, 7) is 0.793. The van der Waals surface area contributed by atoms with Gasteiger partial charge in [-0.25, -0.2) is 17.5 Å². The molecule has 16 heavy (non-hydrogen) atoms. The Morgan fingerprint density at radius 2 is 2.19 bits per heavy atom. The molecular formula is C9H17NO5S. The van der Waals surface area contributed by atoms with Crippen molar-refractivity contribution in [3.8, 4) is 0 Å². The first-order valence-corrected chi connectivity index (χ1v) is 7.01. The van der Waals surface area contributed by atoms with Crippen LogP contribution in [0, 0.1) is 5.92 Å². The maximum absolute atomic E-state index is 11.3. The summed E-state index contributed by atoms with van der Waals surface area (Å²) in [5.74, 6) is -1.33. The van der Waals surface area contributed by atoms with Gasteiger partial charge in [0.15, 0.2) is 6.10 Å². The number of hydrogen-bond donors (Lipinski definition) is 2. The molecule has 2 atom stereocenters. The Hall–Kier alpha value is -0.660. The van der Waals surface area contributed by atoms with Gasteiger partial charge < -0.3 is 10.2 Å². The molecule has 0 saturated carbocycles. The minimum absolute atomic E-state index is 0.0745. The predicted octanol–water partition coefficient (Wildman–Crippen LogP) is -0.506. The normalized spacial score (nSPS) is 25.2. The number of carbonyl (C=O) groups is 1. The second kappa shape index (κ2) is 5.11. The number of hydrogen-bond acceptors (Lipinski definition) is 4. The van der Waals surface area contributed by atoms with Crippen LogP contribution in [0.5, 0.6) is 0 Å². The van der Waals surface area contributed by atoms with Crippen LogP contribution in [0.25, 0.3) is 0 Å². The molecule has 1 aliphatic rings. The average Bonchev–Trinajstić information content (AvgIpc) is 2.16. The molecule has 94 valence electrons. The molecular weight excluding hydrogens is 234 g/mol. The fourth-order valence-electron chi connectivity index (χ4n) is 1.94. The smallest absolute Gasteiger partial charge is 0.332 e. The lowest BCUT2D eigenvalue weighted by molar-refractivity contribution is -0.147. The van der Waals surface area contributed by atoms with Crippen LogP contribution in [0.2, 0.25) is 0 Å². The molecule has 7 heteroatoms. The maximum atomic E-state index is 11.3. The van der Waals surface area contributed by atoms with Crippen molar-refractivity contribution in [3.05, 3.63) is 0 Å². The van der Waals surface area contributed by atoms with E-state index < -0.39 is 22.1 Å². The molecule has 2 N–H and O–H groups in total. The Kier molecular flexibility index (Phi) is 4.28. The molecule has 1 saturated heterocycles. The van der Waals surface area contributed by atoms with Gasteiger partial charge >= 0.3 is 5.97 Å². The monoisotopic (exact) mass is 251 g/mol. The topological polar surface area (TPSA) is 94.9 Å². The molecule has 6 nitrogen and oxygen atoms in total. The molecule has 0 aliphatic carbocycles. The summed E-state index contributed by atoms with van der Waals surface area (Å²) in [6, 6.07) is 0. The van der Waals surface area contributed by atoms with E-state index in [2.05, 4.69) is 0 Å². The van der Waals surface area contributed by atoms with Crippen molar-refractivity contribution < 1.29 is 23.4 Å². The number of nitrogens with zero attached hydrogens (tertiary/aromatic N) is 1. The Morgan fingerprint density at radius 3 is 2.69 bits per heavy atom. The van der Waals surface area contributed by atoms with E-state index in [-0.39, 0.29) is 12.3 Å². The largest absolute Gasteiger partial charge is 0.479 e. The molecule has 0 aromatic rings. The highest BCUT2D eigenvalue weighted by Crippen LogP contribution is 2.22. The van der Waals surface area contributed by atoms with Crippen molar-refractivity contribution in [1.29, 1.82) is 0 Å². The van der Waals surface area contributed by atoms with Crippen LogP contribution in [-0.4, -0.2) is 54.4 Å². The van der Waals surface area contributed by atoms with Gasteiger partial charge in [-0.1, -0.05) is 0 Å². The highest BCUT2D eigenvalue weighted by molar-refractivity contribution is 7.88. The summed E-state index contributed by atoms with van der Waals surface area (Å²) >= 11 is 0. The Labute approximate surface area is 94.9 Å². The number of carboxylic acids is 1. The average molecular weight is 251 g/mol. The van der Waals surface area contributed by atoms with E-state index in [9.17, 15) is 18.3 Å². The third-order valence-corrected chi connectivity index (χ3v) is 4.06. The quantitative estimate of drug-likeness (QED) is 0.702. The second-order valence-electron chi connectivity index (χ2n) is 4.22. The van der Waals surface area contributed by atoms with Crippen LogP contribution >= 0.6 is 0 Å². The molecule has 0 aromatic carbocycles. The summed E-state index contributed by atoms with van der Waals surface area (Å²) < 4.78 is 23.9. The van der Waals surface area contributed by atoms with Crippen molar-refractivity contribution in [2.75, 3.05) is 19.3 Å². The van der Waals surface area contributed by atoms with Gasteiger partial charge in [-0.3, -0.25) is 0 Å². The van der Waals surface area contributed by atoms with E-state index in [0.717, 1.165) is 12.7 Å². The van der Waals surface area contributed by atoms with Crippen molar-refractivity contribution in [1.82, 2.24) is 4.31 Å². The van der Waals surface area contributed by atoms with Crippen LogP contribution in [0.3, 0.4) is 0 Å². The minimum atomic E-state index is -3.21. The fourth-order valence-corrected chi connectivity index (χ4v) is 2.88. The van der Waals surface area contributed by atoms with Crippen molar-refractivity contribution >= 4 is 16.0 Å². The Bertz CT molecular complexity index is 353. The SMILES string of the molecule is CS(=O)(=O)N1CCCC(CC(O)C(=O)O)C1. The summed E-state index contributed by atoms with van der Waals surface area (Å²) in [7, 11) is -3.21.